The first-order valence-electron chi connectivity index (χ1n) is 8.41. The molecule has 0 bridgehead atoms. The van der Waals surface area contributed by atoms with Crippen molar-refractivity contribution in [2.75, 3.05) is 31.2 Å². The summed E-state index contributed by atoms with van der Waals surface area (Å²) >= 11 is 0. The Morgan fingerprint density at radius 2 is 1.88 bits per heavy atom. The number of nitrogens with one attached hydrogen (secondary N) is 1. The number of ketones is 1. The Morgan fingerprint density at radius 3 is 2.75 bits per heavy atom. The fraction of sp³-hybridized carbons (Fsp3) is 0.250. The Balaban J connectivity index is 1.59. The van der Waals surface area contributed by atoms with Crippen LogP contribution in [0.2, 0.25) is 0 Å². The molecule has 1 N–H and O–H groups in total. The lowest BCUT2D eigenvalue weighted by Crippen LogP contribution is -2.36. The minimum atomic E-state index is 0.136. The zero-order valence-electron chi connectivity index (χ0n) is 13.3. The molecule has 3 aromatic rings. The summed E-state index contributed by atoms with van der Waals surface area (Å²) in [6, 6.07) is 14.3. The predicted octanol–water partition coefficient (Wildman–Crippen LogP) is 3.14. The van der Waals surface area contributed by atoms with Gasteiger partial charge in [0.15, 0.2) is 5.78 Å². The smallest absolute Gasteiger partial charge is 0.195 e. The van der Waals surface area contributed by atoms with Crippen LogP contribution in [0, 0.1) is 0 Å². The molecule has 1 fully saturated rings. The van der Waals surface area contributed by atoms with E-state index in [1.54, 1.807) is 0 Å². The van der Waals surface area contributed by atoms with Crippen molar-refractivity contribution in [2.45, 2.75) is 6.42 Å². The highest BCUT2D eigenvalue weighted by Gasteiger charge is 2.27. The quantitative estimate of drug-likeness (QED) is 0.586. The number of fused-ring (bicyclic) bond motifs is 4. The molecular formula is C20H18N2O2. The molecule has 0 radical (unpaired) electrons. The van der Waals surface area contributed by atoms with Gasteiger partial charge >= 0.3 is 0 Å². The number of nitrogens with zero attached hydrogens (tertiary/aromatic N) is 1. The summed E-state index contributed by atoms with van der Waals surface area (Å²) in [6.07, 6.45) is 0.781. The van der Waals surface area contributed by atoms with Gasteiger partial charge in [0, 0.05) is 47.4 Å². The highest BCUT2D eigenvalue weighted by atomic mass is 16.5. The van der Waals surface area contributed by atoms with Crippen molar-refractivity contribution in [2.24, 2.45) is 0 Å². The van der Waals surface area contributed by atoms with E-state index in [4.69, 9.17) is 4.74 Å². The van der Waals surface area contributed by atoms with Gasteiger partial charge in [-0.2, -0.15) is 0 Å². The number of rotatable bonds is 1. The molecule has 0 amide bonds. The molecule has 2 aliphatic rings. The Bertz CT molecular complexity index is 951. The first-order valence-corrected chi connectivity index (χ1v) is 8.41. The number of para-hydroxylation sites is 1. The maximum absolute atomic E-state index is 13.0. The molecule has 1 saturated heterocycles. The molecule has 24 heavy (non-hydrogen) atoms. The summed E-state index contributed by atoms with van der Waals surface area (Å²) in [6.45, 7) is 3.35. The first-order chi connectivity index (χ1) is 11.8. The molecule has 1 aliphatic carbocycles. The number of carbonyl (C=O) groups excluding carboxylic acids is 1. The maximum Gasteiger partial charge on any atom is 0.195 e. The van der Waals surface area contributed by atoms with Crippen molar-refractivity contribution >= 4 is 22.4 Å². The average Bonchev–Trinajstić information content (AvgIpc) is 3.00. The third-order valence-corrected chi connectivity index (χ3v) is 5.09. The van der Waals surface area contributed by atoms with Crippen LogP contribution in [0.25, 0.3) is 10.9 Å². The number of ether oxygens (including phenoxy) is 1. The molecule has 0 spiro atoms. The van der Waals surface area contributed by atoms with Gasteiger partial charge < -0.3 is 14.6 Å². The molecule has 5 rings (SSSR count). The van der Waals surface area contributed by atoms with Gasteiger partial charge in [0.1, 0.15) is 0 Å². The van der Waals surface area contributed by atoms with Gasteiger partial charge in [0.2, 0.25) is 0 Å². The van der Waals surface area contributed by atoms with Crippen molar-refractivity contribution in [3.8, 4) is 0 Å². The number of anilines is 1. The number of hydrogen-bond donors (Lipinski definition) is 1. The van der Waals surface area contributed by atoms with E-state index in [-0.39, 0.29) is 5.78 Å². The summed E-state index contributed by atoms with van der Waals surface area (Å²) in [5, 5.41) is 1.03. The van der Waals surface area contributed by atoms with Crippen LogP contribution >= 0.6 is 0 Å². The normalized spacial score (nSPS) is 17.0. The molecule has 0 atom stereocenters. The number of H-pyrrole nitrogens is 1. The molecular weight excluding hydrogens is 300 g/mol. The summed E-state index contributed by atoms with van der Waals surface area (Å²) < 4.78 is 5.43. The van der Waals surface area contributed by atoms with E-state index < -0.39 is 0 Å². The van der Waals surface area contributed by atoms with Gasteiger partial charge in [-0.15, -0.1) is 0 Å². The van der Waals surface area contributed by atoms with E-state index in [0.717, 1.165) is 66.0 Å². The third kappa shape index (κ3) is 2.00. The Morgan fingerprint density at radius 1 is 1.04 bits per heavy atom. The highest BCUT2D eigenvalue weighted by Crippen LogP contribution is 2.34. The number of aromatic amines is 1. The topological polar surface area (TPSA) is 45.3 Å². The second-order valence-corrected chi connectivity index (χ2v) is 6.47. The number of aromatic nitrogens is 1. The lowest BCUT2D eigenvalue weighted by Gasteiger charge is -2.30. The van der Waals surface area contributed by atoms with E-state index in [1.165, 1.54) is 5.69 Å². The monoisotopic (exact) mass is 318 g/mol. The van der Waals surface area contributed by atoms with Gasteiger partial charge in [-0.25, -0.2) is 0 Å². The Kier molecular flexibility index (Phi) is 3.00. The van der Waals surface area contributed by atoms with Crippen LogP contribution < -0.4 is 4.90 Å². The van der Waals surface area contributed by atoms with Crippen molar-refractivity contribution in [1.82, 2.24) is 4.98 Å². The second kappa shape index (κ2) is 5.21. The highest BCUT2D eigenvalue weighted by molar-refractivity contribution is 6.19. The molecule has 0 saturated carbocycles. The van der Waals surface area contributed by atoms with Crippen LogP contribution in [-0.2, 0) is 11.2 Å². The third-order valence-electron chi connectivity index (χ3n) is 5.09. The fourth-order valence-electron chi connectivity index (χ4n) is 3.88. The molecule has 1 aromatic heterocycles. The number of carbonyl (C=O) groups is 1. The van der Waals surface area contributed by atoms with Crippen LogP contribution in [0.1, 0.15) is 27.2 Å². The molecule has 0 unspecified atom stereocenters. The van der Waals surface area contributed by atoms with Crippen LogP contribution in [0.5, 0.6) is 0 Å². The number of hydrogen-bond acceptors (Lipinski definition) is 3. The van der Waals surface area contributed by atoms with Gasteiger partial charge in [-0.3, -0.25) is 4.79 Å². The van der Waals surface area contributed by atoms with E-state index in [9.17, 15) is 4.79 Å². The van der Waals surface area contributed by atoms with E-state index in [1.807, 2.05) is 30.3 Å². The zero-order valence-corrected chi connectivity index (χ0v) is 13.3. The Hall–Kier alpha value is -2.59. The van der Waals surface area contributed by atoms with Gasteiger partial charge in [-0.1, -0.05) is 18.2 Å². The van der Waals surface area contributed by atoms with Crippen molar-refractivity contribution in [3.05, 3.63) is 64.8 Å². The summed E-state index contributed by atoms with van der Waals surface area (Å²) in [5.41, 5.74) is 6.05. The molecule has 4 heteroatoms. The largest absolute Gasteiger partial charge is 0.378 e. The van der Waals surface area contributed by atoms with Crippen molar-refractivity contribution < 1.29 is 9.53 Å². The molecule has 4 nitrogen and oxygen atoms in total. The fourth-order valence-corrected chi connectivity index (χ4v) is 3.88. The van der Waals surface area contributed by atoms with Gasteiger partial charge in [0.25, 0.3) is 0 Å². The number of benzene rings is 2. The van der Waals surface area contributed by atoms with Crippen molar-refractivity contribution in [3.63, 3.8) is 0 Å². The second-order valence-electron chi connectivity index (χ2n) is 6.47. The lowest BCUT2D eigenvalue weighted by molar-refractivity contribution is 0.103. The number of morpholine rings is 1. The molecule has 2 aromatic carbocycles. The van der Waals surface area contributed by atoms with E-state index in [0.29, 0.717) is 0 Å². The van der Waals surface area contributed by atoms with E-state index >= 15 is 0 Å². The molecule has 120 valence electrons. The zero-order chi connectivity index (χ0) is 16.1. The van der Waals surface area contributed by atoms with Gasteiger partial charge in [0.05, 0.1) is 18.8 Å². The SMILES string of the molecule is O=C1c2ccc(N3CCOCC3)cc2Cc2[nH]c3ccccc3c21. The minimum Gasteiger partial charge on any atom is -0.378 e. The molecule has 2 heterocycles. The molecule has 1 aliphatic heterocycles. The summed E-state index contributed by atoms with van der Waals surface area (Å²) in [5.74, 6) is 0.136. The standard InChI is InChI=1S/C20H18N2O2/c23-20-15-6-5-14(22-7-9-24-10-8-22)11-13(15)12-18-19(20)16-3-1-2-4-17(16)21-18/h1-6,11,21H,7-10,12H2. The summed E-state index contributed by atoms with van der Waals surface area (Å²) in [7, 11) is 0. The Labute approximate surface area is 140 Å². The van der Waals surface area contributed by atoms with Crippen molar-refractivity contribution in [1.29, 1.82) is 0 Å². The van der Waals surface area contributed by atoms with Crippen LogP contribution in [0.3, 0.4) is 0 Å². The first kappa shape index (κ1) is 13.8. The van der Waals surface area contributed by atoms with Crippen LogP contribution in [0.4, 0.5) is 5.69 Å². The minimum absolute atomic E-state index is 0.136. The van der Waals surface area contributed by atoms with Crippen LogP contribution in [0.15, 0.2) is 42.5 Å². The lowest BCUT2D eigenvalue weighted by atomic mass is 9.87. The van der Waals surface area contributed by atoms with Gasteiger partial charge in [-0.05, 0) is 29.8 Å². The van der Waals surface area contributed by atoms with E-state index in [2.05, 4.69) is 22.0 Å². The van der Waals surface area contributed by atoms with Crippen LogP contribution in [-0.4, -0.2) is 37.1 Å². The average molecular weight is 318 g/mol. The predicted molar refractivity (Wildman–Crippen MR) is 94.0 cm³/mol. The maximum atomic E-state index is 13.0. The summed E-state index contributed by atoms with van der Waals surface area (Å²) in [4.78, 5) is 18.8.